The zero-order valence-electron chi connectivity index (χ0n) is 10.6. The summed E-state index contributed by atoms with van der Waals surface area (Å²) in [5.41, 5.74) is 1.18. The van der Waals surface area contributed by atoms with Gasteiger partial charge in [-0.15, -0.1) is 0 Å². The molecule has 0 amide bonds. The van der Waals surface area contributed by atoms with E-state index in [9.17, 15) is 0 Å². The summed E-state index contributed by atoms with van der Waals surface area (Å²) >= 11 is 0. The van der Waals surface area contributed by atoms with Crippen LogP contribution in [0.4, 0.5) is 0 Å². The Morgan fingerprint density at radius 2 is 2.17 bits per heavy atom. The van der Waals surface area contributed by atoms with Crippen LogP contribution in [0.25, 0.3) is 0 Å². The number of aromatic nitrogens is 2. The molecule has 0 bridgehead atoms. The summed E-state index contributed by atoms with van der Waals surface area (Å²) in [7, 11) is 0. The Balaban J connectivity index is 1.59. The maximum Gasteiger partial charge on any atom is 0.119 e. The van der Waals surface area contributed by atoms with E-state index in [-0.39, 0.29) is 0 Å². The fraction of sp³-hybridized carbons (Fsp3) is 0.357. The van der Waals surface area contributed by atoms with Crippen molar-refractivity contribution in [3.63, 3.8) is 0 Å². The highest BCUT2D eigenvalue weighted by Gasteiger charge is 2.04. The zero-order chi connectivity index (χ0) is 12.6. The second-order valence-corrected chi connectivity index (χ2v) is 4.22. The number of benzene rings is 1. The molecular formula is C14H19N3O. The van der Waals surface area contributed by atoms with Crippen molar-refractivity contribution >= 4 is 0 Å². The smallest absolute Gasteiger partial charge is 0.119 e. The molecule has 4 heteroatoms. The molecule has 0 aliphatic carbocycles. The largest absolute Gasteiger partial charge is 0.494 e. The van der Waals surface area contributed by atoms with Crippen molar-refractivity contribution in [3.05, 3.63) is 48.3 Å². The normalized spacial score (nSPS) is 12.3. The fourth-order valence-corrected chi connectivity index (χ4v) is 1.71. The summed E-state index contributed by atoms with van der Waals surface area (Å²) in [5, 5.41) is 10.2. The van der Waals surface area contributed by atoms with Crippen LogP contribution in [0.15, 0.2) is 42.7 Å². The van der Waals surface area contributed by atoms with Gasteiger partial charge < -0.3 is 10.1 Å². The van der Waals surface area contributed by atoms with Crippen molar-refractivity contribution in [2.45, 2.75) is 19.4 Å². The first-order valence-corrected chi connectivity index (χ1v) is 6.26. The Labute approximate surface area is 107 Å². The Kier molecular flexibility index (Phi) is 4.78. The molecule has 0 radical (unpaired) electrons. The highest BCUT2D eigenvalue weighted by Crippen LogP contribution is 2.10. The molecule has 96 valence electrons. The van der Waals surface area contributed by atoms with Crippen molar-refractivity contribution in [2.24, 2.45) is 0 Å². The SMILES string of the molecule is CC(NCCCOc1ccccc1)c1cn[nH]c1. The number of aromatic amines is 1. The molecule has 0 aliphatic rings. The van der Waals surface area contributed by atoms with Crippen LogP contribution in [0, 0.1) is 0 Å². The molecule has 0 aliphatic heterocycles. The van der Waals surface area contributed by atoms with Crippen molar-refractivity contribution in [1.29, 1.82) is 0 Å². The predicted molar refractivity (Wildman–Crippen MR) is 71.6 cm³/mol. The first-order valence-electron chi connectivity index (χ1n) is 6.26. The molecule has 0 spiro atoms. The second kappa shape index (κ2) is 6.81. The zero-order valence-corrected chi connectivity index (χ0v) is 10.6. The Morgan fingerprint density at radius 1 is 1.33 bits per heavy atom. The average Bonchev–Trinajstić information content (AvgIpc) is 2.93. The first-order chi connectivity index (χ1) is 8.86. The van der Waals surface area contributed by atoms with Crippen LogP contribution in [0.2, 0.25) is 0 Å². The van der Waals surface area contributed by atoms with Crippen LogP contribution < -0.4 is 10.1 Å². The molecule has 1 aromatic carbocycles. The van der Waals surface area contributed by atoms with Gasteiger partial charge >= 0.3 is 0 Å². The van der Waals surface area contributed by atoms with Gasteiger partial charge in [-0.2, -0.15) is 5.10 Å². The van der Waals surface area contributed by atoms with E-state index in [1.807, 2.05) is 42.7 Å². The van der Waals surface area contributed by atoms with Gasteiger partial charge in [0.15, 0.2) is 0 Å². The van der Waals surface area contributed by atoms with Gasteiger partial charge in [0, 0.05) is 17.8 Å². The third-order valence-electron chi connectivity index (χ3n) is 2.80. The summed E-state index contributed by atoms with van der Waals surface area (Å²) in [4.78, 5) is 0. The van der Waals surface area contributed by atoms with E-state index in [0.29, 0.717) is 6.04 Å². The minimum atomic E-state index is 0.320. The lowest BCUT2D eigenvalue weighted by Gasteiger charge is -2.12. The molecule has 0 saturated heterocycles. The number of para-hydroxylation sites is 1. The second-order valence-electron chi connectivity index (χ2n) is 4.22. The number of H-pyrrole nitrogens is 1. The van der Waals surface area contributed by atoms with Gasteiger partial charge in [-0.05, 0) is 32.0 Å². The number of ether oxygens (including phenoxy) is 1. The van der Waals surface area contributed by atoms with Crippen molar-refractivity contribution < 1.29 is 4.74 Å². The van der Waals surface area contributed by atoms with Crippen LogP contribution in [0.1, 0.15) is 24.9 Å². The van der Waals surface area contributed by atoms with Gasteiger partial charge in [0.1, 0.15) is 5.75 Å². The highest BCUT2D eigenvalue weighted by atomic mass is 16.5. The lowest BCUT2D eigenvalue weighted by Crippen LogP contribution is -2.21. The summed E-state index contributed by atoms with van der Waals surface area (Å²) in [5.74, 6) is 0.931. The maximum absolute atomic E-state index is 5.62. The predicted octanol–water partition coefficient (Wildman–Crippen LogP) is 2.53. The standard InChI is InChI=1S/C14H19N3O/c1-12(13-10-16-17-11-13)15-8-5-9-18-14-6-3-2-4-7-14/h2-4,6-7,10-12,15H,5,8-9H2,1H3,(H,16,17). The van der Waals surface area contributed by atoms with E-state index in [4.69, 9.17) is 4.74 Å². The molecule has 0 fully saturated rings. The van der Waals surface area contributed by atoms with Gasteiger partial charge in [-0.1, -0.05) is 18.2 Å². The maximum atomic E-state index is 5.62. The van der Waals surface area contributed by atoms with E-state index < -0.39 is 0 Å². The van der Waals surface area contributed by atoms with E-state index in [0.717, 1.165) is 25.3 Å². The fourth-order valence-electron chi connectivity index (χ4n) is 1.71. The molecular weight excluding hydrogens is 226 g/mol. The number of hydrogen-bond acceptors (Lipinski definition) is 3. The van der Waals surface area contributed by atoms with Gasteiger partial charge in [0.05, 0.1) is 12.8 Å². The van der Waals surface area contributed by atoms with Crippen LogP contribution >= 0.6 is 0 Å². The van der Waals surface area contributed by atoms with E-state index >= 15 is 0 Å². The average molecular weight is 245 g/mol. The molecule has 1 unspecified atom stereocenters. The molecule has 1 heterocycles. The molecule has 2 N–H and O–H groups in total. The number of nitrogens with one attached hydrogen (secondary N) is 2. The summed E-state index contributed by atoms with van der Waals surface area (Å²) in [6.07, 6.45) is 4.74. The Morgan fingerprint density at radius 3 is 2.89 bits per heavy atom. The van der Waals surface area contributed by atoms with Gasteiger partial charge in [-0.25, -0.2) is 0 Å². The number of rotatable bonds is 7. The van der Waals surface area contributed by atoms with Crippen LogP contribution in [-0.4, -0.2) is 23.3 Å². The Bertz CT molecular complexity index is 428. The van der Waals surface area contributed by atoms with Crippen molar-refractivity contribution in [1.82, 2.24) is 15.5 Å². The van der Waals surface area contributed by atoms with Gasteiger partial charge in [-0.3, -0.25) is 5.10 Å². The summed E-state index contributed by atoms with van der Waals surface area (Å²) in [6, 6.07) is 10.2. The molecule has 4 nitrogen and oxygen atoms in total. The third-order valence-corrected chi connectivity index (χ3v) is 2.80. The molecule has 1 aromatic heterocycles. The van der Waals surface area contributed by atoms with Gasteiger partial charge in [0.25, 0.3) is 0 Å². The van der Waals surface area contributed by atoms with E-state index in [1.165, 1.54) is 5.56 Å². The molecule has 2 aromatic rings. The lowest BCUT2D eigenvalue weighted by atomic mass is 10.2. The van der Waals surface area contributed by atoms with E-state index in [2.05, 4.69) is 22.4 Å². The summed E-state index contributed by atoms with van der Waals surface area (Å²) in [6.45, 7) is 3.79. The van der Waals surface area contributed by atoms with Crippen LogP contribution in [0.3, 0.4) is 0 Å². The number of nitrogens with zero attached hydrogens (tertiary/aromatic N) is 1. The van der Waals surface area contributed by atoms with Crippen molar-refractivity contribution in [3.8, 4) is 5.75 Å². The highest BCUT2D eigenvalue weighted by molar-refractivity contribution is 5.20. The third kappa shape index (κ3) is 3.89. The van der Waals surface area contributed by atoms with Crippen LogP contribution in [-0.2, 0) is 0 Å². The minimum absolute atomic E-state index is 0.320. The minimum Gasteiger partial charge on any atom is -0.494 e. The van der Waals surface area contributed by atoms with Crippen LogP contribution in [0.5, 0.6) is 5.75 Å². The Hall–Kier alpha value is -1.81. The molecule has 1 atom stereocenters. The molecule has 18 heavy (non-hydrogen) atoms. The van der Waals surface area contributed by atoms with Crippen molar-refractivity contribution in [2.75, 3.05) is 13.2 Å². The molecule has 2 rings (SSSR count). The summed E-state index contributed by atoms with van der Waals surface area (Å²) < 4.78 is 5.62. The van der Waals surface area contributed by atoms with E-state index in [1.54, 1.807) is 0 Å². The first kappa shape index (κ1) is 12.6. The monoisotopic (exact) mass is 245 g/mol. The molecule has 0 saturated carbocycles. The topological polar surface area (TPSA) is 49.9 Å². The van der Waals surface area contributed by atoms with Gasteiger partial charge in [0.2, 0.25) is 0 Å². The lowest BCUT2D eigenvalue weighted by molar-refractivity contribution is 0.305. The quantitative estimate of drug-likeness (QED) is 0.737. The number of hydrogen-bond donors (Lipinski definition) is 2.